The lowest BCUT2D eigenvalue weighted by molar-refractivity contribution is -0.124. The molecule has 0 bridgehead atoms. The molecule has 0 heterocycles. The average Bonchev–Trinajstić information content (AvgIpc) is 2.49. The van der Waals surface area contributed by atoms with Gasteiger partial charge in [-0.1, -0.05) is 13.8 Å². The fraction of sp³-hybridized carbons (Fsp3) is 0.952. The van der Waals surface area contributed by atoms with Crippen molar-refractivity contribution in [1.82, 2.24) is 16.0 Å². The Bertz CT molecular complexity index is 463. The van der Waals surface area contributed by atoms with Gasteiger partial charge in [0.1, 0.15) is 5.72 Å². The molecule has 7 nitrogen and oxygen atoms in total. The maximum absolute atomic E-state index is 12.3. The van der Waals surface area contributed by atoms with E-state index in [1.807, 2.05) is 34.9 Å². The van der Waals surface area contributed by atoms with E-state index in [0.717, 1.165) is 13.0 Å². The molecule has 5 N–H and O–H groups in total. The highest BCUT2D eigenvalue weighted by atomic mass is 16.5. The second kappa shape index (κ2) is 11.5. The Balaban J connectivity index is 4.14. The van der Waals surface area contributed by atoms with Gasteiger partial charge in [-0.05, 0) is 60.5 Å². The minimum Gasteiger partial charge on any atom is -0.374 e. The van der Waals surface area contributed by atoms with Crippen LogP contribution in [0.3, 0.4) is 0 Å². The summed E-state index contributed by atoms with van der Waals surface area (Å²) in [6.07, 6.45) is 1.97. The van der Waals surface area contributed by atoms with Gasteiger partial charge in [-0.25, -0.2) is 0 Å². The minimum atomic E-state index is -0.781. The first-order chi connectivity index (χ1) is 12.6. The van der Waals surface area contributed by atoms with Gasteiger partial charge in [0.25, 0.3) is 0 Å². The molecule has 0 aromatic heterocycles. The fourth-order valence-electron chi connectivity index (χ4n) is 3.40. The molecule has 0 saturated carbocycles. The summed E-state index contributed by atoms with van der Waals surface area (Å²) >= 11 is 0. The quantitative estimate of drug-likeness (QED) is 0.247. The van der Waals surface area contributed by atoms with Gasteiger partial charge in [-0.2, -0.15) is 0 Å². The van der Waals surface area contributed by atoms with Gasteiger partial charge in [0.05, 0.1) is 18.8 Å². The Morgan fingerprint density at radius 1 is 0.964 bits per heavy atom. The van der Waals surface area contributed by atoms with Crippen molar-refractivity contribution >= 4 is 5.91 Å². The molecule has 1 unspecified atom stereocenters. The van der Waals surface area contributed by atoms with Crippen molar-refractivity contribution < 1.29 is 14.3 Å². The van der Waals surface area contributed by atoms with Crippen LogP contribution in [-0.4, -0.2) is 63.2 Å². The molecule has 1 amide bonds. The molecule has 1 atom stereocenters. The molecule has 0 radical (unpaired) electrons. The Morgan fingerprint density at radius 3 is 2.11 bits per heavy atom. The third kappa shape index (κ3) is 13.4. The second-order valence-electron chi connectivity index (χ2n) is 10.1. The average molecular weight is 403 g/mol. The summed E-state index contributed by atoms with van der Waals surface area (Å²) in [7, 11) is 3.85. The van der Waals surface area contributed by atoms with Crippen molar-refractivity contribution in [2.45, 2.75) is 84.6 Å². The predicted octanol–water partition coefficient (Wildman–Crippen LogP) is 2.00. The number of rotatable bonds is 15. The van der Waals surface area contributed by atoms with Crippen molar-refractivity contribution in [3.05, 3.63) is 0 Å². The van der Waals surface area contributed by atoms with Crippen LogP contribution >= 0.6 is 0 Å². The summed E-state index contributed by atoms with van der Waals surface area (Å²) in [6, 6.07) is 0. The van der Waals surface area contributed by atoms with Crippen LogP contribution in [0.25, 0.3) is 0 Å². The summed E-state index contributed by atoms with van der Waals surface area (Å²) in [5, 5.41) is 9.33. The third-order valence-corrected chi connectivity index (χ3v) is 4.79. The molecule has 168 valence electrons. The number of likely N-dealkylation sites (N-methyl/N-ethyl adjacent to an activating group) is 1. The van der Waals surface area contributed by atoms with Crippen LogP contribution in [-0.2, 0) is 14.3 Å². The normalized spacial score (nSPS) is 15.4. The maximum atomic E-state index is 12.3. The summed E-state index contributed by atoms with van der Waals surface area (Å²) in [6.45, 7) is 16.5. The minimum absolute atomic E-state index is 0.00190. The number of hydrogen-bond acceptors (Lipinski definition) is 6. The van der Waals surface area contributed by atoms with E-state index in [9.17, 15) is 4.79 Å². The Labute approximate surface area is 172 Å². The number of hydrogen-bond donors (Lipinski definition) is 4. The molecular formula is C21H46N4O3. The number of ether oxygens (including phenoxy) is 2. The van der Waals surface area contributed by atoms with Crippen LogP contribution < -0.4 is 21.7 Å². The van der Waals surface area contributed by atoms with E-state index in [-0.39, 0.29) is 22.5 Å². The van der Waals surface area contributed by atoms with E-state index in [0.29, 0.717) is 32.6 Å². The van der Waals surface area contributed by atoms with E-state index in [1.54, 1.807) is 0 Å². The Morgan fingerprint density at radius 2 is 1.57 bits per heavy atom. The molecule has 0 spiro atoms. The molecule has 0 fully saturated rings. The van der Waals surface area contributed by atoms with Gasteiger partial charge in [0, 0.05) is 31.5 Å². The molecule has 7 heteroatoms. The summed E-state index contributed by atoms with van der Waals surface area (Å²) in [5.74, 6) is 0.0383. The number of nitrogens with two attached hydrogens (primary N) is 1. The van der Waals surface area contributed by atoms with E-state index < -0.39 is 5.72 Å². The molecule has 0 saturated heterocycles. The highest BCUT2D eigenvalue weighted by Crippen LogP contribution is 2.30. The zero-order valence-corrected chi connectivity index (χ0v) is 19.8. The van der Waals surface area contributed by atoms with Crippen LogP contribution in [0.4, 0.5) is 0 Å². The van der Waals surface area contributed by atoms with Crippen molar-refractivity contribution in [1.29, 1.82) is 0 Å². The third-order valence-electron chi connectivity index (χ3n) is 4.79. The number of carbonyl (C=O) groups excluding carboxylic acids is 1. The first-order valence-corrected chi connectivity index (χ1v) is 10.3. The monoisotopic (exact) mass is 402 g/mol. The summed E-state index contributed by atoms with van der Waals surface area (Å²) < 4.78 is 11.6. The van der Waals surface area contributed by atoms with E-state index >= 15 is 0 Å². The summed E-state index contributed by atoms with van der Waals surface area (Å²) in [5.41, 5.74) is 5.07. The van der Waals surface area contributed by atoms with Crippen LogP contribution in [0.1, 0.15) is 67.7 Å². The number of nitrogens with one attached hydrogen (secondary N) is 3. The van der Waals surface area contributed by atoms with E-state index in [1.165, 1.54) is 0 Å². The SMILES string of the molecule is CNCC(C)(C)OCCC(C)(N)OCCNC(=O)CC(C)(C)CC(C)(C)NC. The first-order valence-electron chi connectivity index (χ1n) is 10.3. The molecule has 0 rings (SSSR count). The molecule has 28 heavy (non-hydrogen) atoms. The van der Waals surface area contributed by atoms with Crippen molar-refractivity contribution in [3.8, 4) is 0 Å². The lowest BCUT2D eigenvalue weighted by atomic mass is 9.77. The van der Waals surface area contributed by atoms with Crippen LogP contribution in [0.15, 0.2) is 0 Å². The lowest BCUT2D eigenvalue weighted by Crippen LogP contribution is -2.44. The zero-order valence-electron chi connectivity index (χ0n) is 19.8. The van der Waals surface area contributed by atoms with Gasteiger partial charge in [0.15, 0.2) is 0 Å². The zero-order chi connectivity index (χ0) is 22.1. The predicted molar refractivity (Wildman–Crippen MR) is 116 cm³/mol. The van der Waals surface area contributed by atoms with Gasteiger partial charge in [-0.3, -0.25) is 4.79 Å². The van der Waals surface area contributed by atoms with Crippen LogP contribution in [0.2, 0.25) is 0 Å². The highest BCUT2D eigenvalue weighted by Gasteiger charge is 2.29. The van der Waals surface area contributed by atoms with Crippen molar-refractivity contribution in [3.63, 3.8) is 0 Å². The maximum Gasteiger partial charge on any atom is 0.220 e. The number of carbonyl (C=O) groups is 1. The number of amides is 1. The molecule has 0 aromatic carbocycles. The van der Waals surface area contributed by atoms with Gasteiger partial charge in [0.2, 0.25) is 5.91 Å². The lowest BCUT2D eigenvalue weighted by Gasteiger charge is -2.34. The summed E-state index contributed by atoms with van der Waals surface area (Å²) in [4.78, 5) is 12.3. The second-order valence-corrected chi connectivity index (χ2v) is 10.1. The van der Waals surface area contributed by atoms with Crippen molar-refractivity contribution in [2.75, 3.05) is 40.4 Å². The smallest absolute Gasteiger partial charge is 0.220 e. The van der Waals surface area contributed by atoms with Gasteiger partial charge < -0.3 is 31.2 Å². The standard InChI is InChI=1S/C21H46N4O3/c1-18(2,15-19(3,4)24-9)14-17(26)25-11-13-28-21(7,22)10-12-27-20(5,6)16-23-8/h23-24H,10-16,22H2,1-9H3,(H,25,26). The van der Waals surface area contributed by atoms with Crippen molar-refractivity contribution in [2.24, 2.45) is 11.1 Å². The van der Waals surface area contributed by atoms with Gasteiger partial charge in [-0.15, -0.1) is 0 Å². The molecule has 0 aliphatic heterocycles. The Hall–Kier alpha value is -0.730. The first kappa shape index (κ1) is 27.3. The van der Waals surface area contributed by atoms with E-state index in [2.05, 4.69) is 43.6 Å². The fourth-order valence-corrected chi connectivity index (χ4v) is 3.40. The molecule has 0 aliphatic carbocycles. The highest BCUT2D eigenvalue weighted by molar-refractivity contribution is 5.76. The van der Waals surface area contributed by atoms with Crippen LogP contribution in [0, 0.1) is 5.41 Å². The van der Waals surface area contributed by atoms with E-state index in [4.69, 9.17) is 15.2 Å². The largest absolute Gasteiger partial charge is 0.374 e. The topological polar surface area (TPSA) is 97.6 Å². The Kier molecular flexibility index (Phi) is 11.2. The molecular weight excluding hydrogens is 356 g/mol. The molecule has 0 aromatic rings. The molecule has 0 aliphatic rings. The van der Waals surface area contributed by atoms with Gasteiger partial charge >= 0.3 is 0 Å². The van der Waals surface area contributed by atoms with Crippen LogP contribution in [0.5, 0.6) is 0 Å².